The minimum Gasteiger partial charge on any atom is -0.497 e. The van der Waals surface area contributed by atoms with E-state index in [9.17, 15) is 0 Å². The fourth-order valence-electron chi connectivity index (χ4n) is 2.20. The van der Waals surface area contributed by atoms with E-state index in [0.29, 0.717) is 0 Å². The molecular formula is C16H24ClN3O. The molecule has 0 atom stereocenters. The molecule has 0 bridgehead atoms. The van der Waals surface area contributed by atoms with Gasteiger partial charge in [0.15, 0.2) is 5.96 Å². The second kappa shape index (κ2) is 8.13. The quantitative estimate of drug-likeness (QED) is 0.601. The molecule has 2 N–H and O–H groups in total. The van der Waals surface area contributed by atoms with Gasteiger partial charge in [-0.3, -0.25) is 4.99 Å². The maximum atomic E-state index is 6.23. The molecule has 21 heavy (non-hydrogen) atoms. The minimum absolute atomic E-state index is 0.743. The number of hydrogen-bond acceptors (Lipinski definition) is 2. The highest BCUT2D eigenvalue weighted by molar-refractivity contribution is 6.31. The average molecular weight is 310 g/mol. The Balaban J connectivity index is 1.71. The molecule has 1 saturated carbocycles. The third-order valence-electron chi connectivity index (χ3n) is 3.71. The molecule has 0 aliphatic heterocycles. The third-order valence-corrected chi connectivity index (χ3v) is 4.06. The second-order valence-corrected chi connectivity index (χ2v) is 5.77. The first-order valence-corrected chi connectivity index (χ1v) is 7.87. The molecule has 0 spiro atoms. The summed E-state index contributed by atoms with van der Waals surface area (Å²) in [5, 5.41) is 7.41. The molecule has 1 aliphatic carbocycles. The van der Waals surface area contributed by atoms with Crippen molar-refractivity contribution >= 4 is 17.6 Å². The lowest BCUT2D eigenvalue weighted by Gasteiger charge is -2.12. The van der Waals surface area contributed by atoms with Gasteiger partial charge in [-0.05, 0) is 36.5 Å². The summed E-state index contributed by atoms with van der Waals surface area (Å²) in [6.45, 7) is 1.79. The molecule has 116 valence electrons. The van der Waals surface area contributed by atoms with E-state index in [1.807, 2.05) is 18.2 Å². The van der Waals surface area contributed by atoms with Crippen molar-refractivity contribution in [2.24, 2.45) is 10.9 Å². The molecular weight excluding hydrogens is 286 g/mol. The van der Waals surface area contributed by atoms with Gasteiger partial charge in [0.1, 0.15) is 5.75 Å². The predicted molar refractivity (Wildman–Crippen MR) is 88.4 cm³/mol. The van der Waals surface area contributed by atoms with E-state index in [-0.39, 0.29) is 0 Å². The molecule has 4 nitrogen and oxygen atoms in total. The normalized spacial score (nSPS) is 14.9. The molecule has 0 amide bonds. The number of ether oxygens (including phenoxy) is 1. The Morgan fingerprint density at radius 1 is 1.33 bits per heavy atom. The van der Waals surface area contributed by atoms with E-state index in [1.165, 1.54) is 19.3 Å². The van der Waals surface area contributed by atoms with Crippen LogP contribution in [0.1, 0.15) is 24.8 Å². The highest BCUT2D eigenvalue weighted by Crippen LogP contribution is 2.31. The van der Waals surface area contributed by atoms with E-state index in [4.69, 9.17) is 16.3 Å². The van der Waals surface area contributed by atoms with E-state index < -0.39 is 0 Å². The molecule has 2 rings (SSSR count). The molecule has 0 unspecified atom stereocenters. The van der Waals surface area contributed by atoms with Crippen molar-refractivity contribution in [3.63, 3.8) is 0 Å². The Morgan fingerprint density at radius 2 is 2.10 bits per heavy atom. The smallest absolute Gasteiger partial charge is 0.190 e. The summed E-state index contributed by atoms with van der Waals surface area (Å²) in [4.78, 5) is 4.23. The van der Waals surface area contributed by atoms with Crippen molar-refractivity contribution < 1.29 is 4.74 Å². The minimum atomic E-state index is 0.743. The van der Waals surface area contributed by atoms with Gasteiger partial charge in [0.25, 0.3) is 0 Å². The van der Waals surface area contributed by atoms with Gasteiger partial charge in [-0.25, -0.2) is 0 Å². The van der Waals surface area contributed by atoms with Crippen LogP contribution in [0.3, 0.4) is 0 Å². The van der Waals surface area contributed by atoms with E-state index in [1.54, 1.807) is 14.2 Å². The number of guanidine groups is 1. The van der Waals surface area contributed by atoms with Crippen molar-refractivity contribution in [3.05, 3.63) is 28.8 Å². The SMILES string of the molecule is CN=C(NCCc1ccc(OC)cc1Cl)NCCC1CC1. The summed E-state index contributed by atoms with van der Waals surface area (Å²) in [5.74, 6) is 2.59. The highest BCUT2D eigenvalue weighted by atomic mass is 35.5. The Kier molecular flexibility index (Phi) is 6.18. The zero-order valence-corrected chi connectivity index (χ0v) is 13.5. The van der Waals surface area contributed by atoms with Crippen LogP contribution in [0.15, 0.2) is 23.2 Å². The number of methoxy groups -OCH3 is 1. The summed E-state index contributed by atoms with van der Waals surface area (Å²) in [5.41, 5.74) is 1.11. The number of nitrogens with one attached hydrogen (secondary N) is 2. The second-order valence-electron chi connectivity index (χ2n) is 5.37. The van der Waals surface area contributed by atoms with E-state index >= 15 is 0 Å². The number of rotatable bonds is 7. The van der Waals surface area contributed by atoms with Crippen LogP contribution in [-0.2, 0) is 6.42 Å². The van der Waals surface area contributed by atoms with Crippen molar-refractivity contribution in [1.82, 2.24) is 10.6 Å². The third kappa shape index (κ3) is 5.46. The molecule has 1 fully saturated rings. The summed E-state index contributed by atoms with van der Waals surface area (Å²) < 4.78 is 5.15. The van der Waals surface area contributed by atoms with Crippen molar-refractivity contribution in [2.75, 3.05) is 27.2 Å². The standard InChI is InChI=1S/C16H24ClN3O/c1-18-16(19-9-7-12-3-4-12)20-10-8-13-5-6-14(21-2)11-15(13)17/h5-6,11-12H,3-4,7-10H2,1-2H3,(H2,18,19,20). The van der Waals surface area contributed by atoms with Crippen LogP contribution in [0.25, 0.3) is 0 Å². The Labute approximate surface area is 131 Å². The first kappa shape index (κ1) is 16.0. The zero-order valence-electron chi connectivity index (χ0n) is 12.8. The van der Waals surface area contributed by atoms with Gasteiger partial charge in [-0.15, -0.1) is 0 Å². The van der Waals surface area contributed by atoms with Gasteiger partial charge < -0.3 is 15.4 Å². The van der Waals surface area contributed by atoms with Crippen LogP contribution in [0, 0.1) is 5.92 Å². The van der Waals surface area contributed by atoms with E-state index in [2.05, 4.69) is 15.6 Å². The van der Waals surface area contributed by atoms with E-state index in [0.717, 1.165) is 47.7 Å². The van der Waals surface area contributed by atoms with Crippen LogP contribution in [0.2, 0.25) is 5.02 Å². The maximum Gasteiger partial charge on any atom is 0.190 e. The molecule has 0 saturated heterocycles. The van der Waals surface area contributed by atoms with Crippen molar-refractivity contribution in [2.45, 2.75) is 25.7 Å². The van der Waals surface area contributed by atoms with Crippen molar-refractivity contribution in [1.29, 1.82) is 0 Å². The highest BCUT2D eigenvalue weighted by Gasteiger charge is 2.20. The largest absolute Gasteiger partial charge is 0.497 e. The van der Waals surface area contributed by atoms with Gasteiger partial charge in [0.2, 0.25) is 0 Å². The molecule has 0 aromatic heterocycles. The Morgan fingerprint density at radius 3 is 2.71 bits per heavy atom. The van der Waals surface area contributed by atoms with Gasteiger partial charge in [0.05, 0.1) is 7.11 Å². The van der Waals surface area contributed by atoms with Gasteiger partial charge in [-0.1, -0.05) is 30.5 Å². The Hall–Kier alpha value is -1.42. The zero-order chi connectivity index (χ0) is 15.1. The molecule has 0 heterocycles. The number of nitrogens with zero attached hydrogens (tertiary/aromatic N) is 1. The van der Waals surface area contributed by atoms with Crippen LogP contribution >= 0.6 is 11.6 Å². The fraction of sp³-hybridized carbons (Fsp3) is 0.562. The maximum absolute atomic E-state index is 6.23. The van der Waals surface area contributed by atoms with Crippen LogP contribution < -0.4 is 15.4 Å². The van der Waals surface area contributed by atoms with Crippen molar-refractivity contribution in [3.8, 4) is 5.75 Å². The van der Waals surface area contributed by atoms with Gasteiger partial charge in [0, 0.05) is 25.2 Å². The summed E-state index contributed by atoms with van der Waals surface area (Å²) >= 11 is 6.23. The number of halogens is 1. The van der Waals surface area contributed by atoms with Crippen LogP contribution in [0.5, 0.6) is 5.75 Å². The molecule has 5 heteroatoms. The van der Waals surface area contributed by atoms with Gasteiger partial charge in [-0.2, -0.15) is 0 Å². The lowest BCUT2D eigenvalue weighted by Crippen LogP contribution is -2.38. The fourth-order valence-corrected chi connectivity index (χ4v) is 2.46. The van der Waals surface area contributed by atoms with Gasteiger partial charge >= 0.3 is 0 Å². The monoisotopic (exact) mass is 309 g/mol. The summed E-state index contributed by atoms with van der Waals surface area (Å²) in [6, 6.07) is 5.79. The topological polar surface area (TPSA) is 45.7 Å². The lowest BCUT2D eigenvalue weighted by molar-refractivity contribution is 0.414. The molecule has 0 radical (unpaired) electrons. The average Bonchev–Trinajstić information content (AvgIpc) is 3.31. The summed E-state index contributed by atoms with van der Waals surface area (Å²) in [6.07, 6.45) is 4.88. The predicted octanol–water partition coefficient (Wildman–Crippen LogP) is 2.86. The number of benzene rings is 1. The Bertz CT molecular complexity index is 486. The molecule has 1 aliphatic rings. The molecule has 1 aromatic rings. The first-order chi connectivity index (χ1) is 10.2. The number of hydrogen-bond donors (Lipinski definition) is 2. The summed E-state index contributed by atoms with van der Waals surface area (Å²) in [7, 11) is 3.44. The van der Waals surface area contributed by atoms with Crippen LogP contribution in [0.4, 0.5) is 0 Å². The molecule has 1 aromatic carbocycles. The number of aliphatic imine (C=N–C) groups is 1. The van der Waals surface area contributed by atoms with Crippen LogP contribution in [-0.4, -0.2) is 33.2 Å². The first-order valence-electron chi connectivity index (χ1n) is 7.50. The lowest BCUT2D eigenvalue weighted by atomic mass is 10.1.